The molecule has 5 rings (SSSR count). The Bertz CT molecular complexity index is 1480. The van der Waals surface area contributed by atoms with Crippen molar-refractivity contribution in [2.24, 2.45) is 0 Å². The lowest BCUT2D eigenvalue weighted by Gasteiger charge is -2.11. The number of hydrogen-bond donors (Lipinski definition) is 1. The minimum atomic E-state index is -0.119. The number of para-hydroxylation sites is 1. The lowest BCUT2D eigenvalue weighted by atomic mass is 10.2. The molecule has 0 atom stereocenters. The molecule has 164 valence electrons. The number of aromatic nitrogens is 4. The Morgan fingerprint density at radius 2 is 1.52 bits per heavy atom. The molecule has 0 saturated carbocycles. The number of amides is 1. The molecule has 8 heteroatoms. The topological polar surface area (TPSA) is 81.3 Å². The number of carbonyl (C=O) groups is 1. The average molecular weight is 456 g/mol. The first-order chi connectivity index (χ1) is 16.2. The highest BCUT2D eigenvalue weighted by atomic mass is 32.2. The van der Waals surface area contributed by atoms with Gasteiger partial charge in [0.1, 0.15) is 0 Å². The average Bonchev–Trinajstić information content (AvgIpc) is 3.29. The van der Waals surface area contributed by atoms with Crippen molar-refractivity contribution in [3.05, 3.63) is 106 Å². The van der Waals surface area contributed by atoms with Gasteiger partial charge in [-0.3, -0.25) is 18.6 Å². The van der Waals surface area contributed by atoms with Crippen LogP contribution in [-0.2, 0) is 17.9 Å². The van der Waals surface area contributed by atoms with E-state index in [1.54, 1.807) is 10.6 Å². The zero-order chi connectivity index (χ0) is 22.6. The molecule has 0 aliphatic rings. The summed E-state index contributed by atoms with van der Waals surface area (Å²) < 4.78 is 3.49. The highest BCUT2D eigenvalue weighted by Crippen LogP contribution is 2.22. The summed E-state index contributed by atoms with van der Waals surface area (Å²) in [6, 6.07) is 26.9. The molecule has 0 fully saturated rings. The first kappa shape index (κ1) is 21.0. The summed E-state index contributed by atoms with van der Waals surface area (Å²) in [6.45, 7) is 0.856. The van der Waals surface area contributed by atoms with Crippen LogP contribution in [0.4, 0.5) is 0 Å². The molecule has 1 N–H and O–H groups in total. The summed E-state index contributed by atoms with van der Waals surface area (Å²) in [5.41, 5.74) is 2.64. The summed E-state index contributed by atoms with van der Waals surface area (Å²) in [6.07, 6.45) is 0. The molecule has 0 aliphatic carbocycles. The van der Waals surface area contributed by atoms with E-state index in [0.717, 1.165) is 16.6 Å². The van der Waals surface area contributed by atoms with E-state index in [2.05, 4.69) is 15.5 Å². The second kappa shape index (κ2) is 9.30. The van der Waals surface area contributed by atoms with Gasteiger partial charge in [-0.15, -0.1) is 10.2 Å². The molecule has 0 aliphatic heterocycles. The van der Waals surface area contributed by atoms with Crippen molar-refractivity contribution in [1.29, 1.82) is 0 Å². The summed E-state index contributed by atoms with van der Waals surface area (Å²) >= 11 is 1.30. The smallest absolute Gasteiger partial charge is 0.263 e. The maximum Gasteiger partial charge on any atom is 0.263 e. The van der Waals surface area contributed by atoms with E-state index in [9.17, 15) is 9.59 Å². The number of carbonyl (C=O) groups excluding carboxylic acids is 1. The van der Waals surface area contributed by atoms with Gasteiger partial charge in [0.15, 0.2) is 5.16 Å². The van der Waals surface area contributed by atoms with E-state index >= 15 is 0 Å². The summed E-state index contributed by atoms with van der Waals surface area (Å²) in [5, 5.41) is 12.7. The first-order valence-corrected chi connectivity index (χ1v) is 11.5. The summed E-state index contributed by atoms with van der Waals surface area (Å²) in [5.74, 6) is 0.553. The lowest BCUT2D eigenvalue weighted by molar-refractivity contribution is -0.118. The molecule has 2 heterocycles. The van der Waals surface area contributed by atoms with Gasteiger partial charge < -0.3 is 5.32 Å². The Hall–Kier alpha value is -3.91. The van der Waals surface area contributed by atoms with Crippen molar-refractivity contribution in [1.82, 2.24) is 24.5 Å². The molecule has 0 bridgehead atoms. The number of nitrogens with zero attached hydrogens (tertiary/aromatic N) is 4. The molecule has 1 amide bonds. The van der Waals surface area contributed by atoms with Crippen LogP contribution in [0.2, 0.25) is 0 Å². The highest BCUT2D eigenvalue weighted by Gasteiger charge is 2.17. The van der Waals surface area contributed by atoms with Crippen molar-refractivity contribution in [2.75, 3.05) is 5.75 Å². The molecule has 5 aromatic rings. The molecule has 0 radical (unpaired) electrons. The van der Waals surface area contributed by atoms with Crippen molar-refractivity contribution in [3.8, 4) is 0 Å². The van der Waals surface area contributed by atoms with Crippen LogP contribution in [0.5, 0.6) is 0 Å². The van der Waals surface area contributed by atoms with Crippen molar-refractivity contribution in [3.63, 3.8) is 0 Å². The molecule has 7 nitrogen and oxygen atoms in total. The first-order valence-electron chi connectivity index (χ1n) is 10.5. The van der Waals surface area contributed by atoms with Gasteiger partial charge in [0.25, 0.3) is 5.56 Å². The lowest BCUT2D eigenvalue weighted by Crippen LogP contribution is -2.25. The van der Waals surface area contributed by atoms with Gasteiger partial charge in [-0.25, -0.2) is 0 Å². The number of thioether (sulfide) groups is 1. The fraction of sp³-hybridized carbons (Fsp3) is 0.120. The van der Waals surface area contributed by atoms with E-state index in [-0.39, 0.29) is 17.2 Å². The Morgan fingerprint density at radius 3 is 2.27 bits per heavy atom. The van der Waals surface area contributed by atoms with E-state index in [0.29, 0.717) is 29.4 Å². The quantitative estimate of drug-likeness (QED) is 0.380. The molecular weight excluding hydrogens is 434 g/mol. The van der Waals surface area contributed by atoms with E-state index in [1.807, 2.05) is 83.3 Å². The SMILES string of the molecule is O=C(CSc1nnc2n(Cc3ccccc3)c(=O)c3ccccc3n12)NCc1ccccc1. The normalized spacial score (nSPS) is 11.2. The fourth-order valence-corrected chi connectivity index (χ4v) is 4.48. The van der Waals surface area contributed by atoms with E-state index in [4.69, 9.17) is 0 Å². The largest absolute Gasteiger partial charge is 0.351 e. The number of fused-ring (bicyclic) bond motifs is 3. The summed E-state index contributed by atoms with van der Waals surface area (Å²) in [4.78, 5) is 25.7. The van der Waals surface area contributed by atoms with E-state index < -0.39 is 0 Å². The van der Waals surface area contributed by atoms with Crippen LogP contribution >= 0.6 is 11.8 Å². The van der Waals surface area contributed by atoms with Crippen molar-refractivity contribution < 1.29 is 4.79 Å². The minimum absolute atomic E-state index is 0.0949. The second-order valence-electron chi connectivity index (χ2n) is 7.56. The van der Waals surface area contributed by atoms with Crippen LogP contribution in [0.3, 0.4) is 0 Å². The zero-order valence-corrected chi connectivity index (χ0v) is 18.5. The fourth-order valence-electron chi connectivity index (χ4n) is 3.71. The maximum atomic E-state index is 13.3. The van der Waals surface area contributed by atoms with Gasteiger partial charge in [0, 0.05) is 6.54 Å². The molecule has 33 heavy (non-hydrogen) atoms. The maximum absolute atomic E-state index is 13.3. The molecule has 0 saturated heterocycles. The number of hydrogen-bond acceptors (Lipinski definition) is 5. The molecule has 3 aromatic carbocycles. The van der Waals surface area contributed by atoms with Crippen LogP contribution in [0.15, 0.2) is 94.9 Å². The third-order valence-electron chi connectivity index (χ3n) is 5.33. The van der Waals surface area contributed by atoms with Gasteiger partial charge in [-0.2, -0.15) is 0 Å². The third-order valence-corrected chi connectivity index (χ3v) is 6.26. The Morgan fingerprint density at radius 1 is 0.848 bits per heavy atom. The van der Waals surface area contributed by atoms with Crippen LogP contribution < -0.4 is 10.9 Å². The number of rotatable bonds is 7. The number of nitrogens with one attached hydrogen (secondary N) is 1. The Labute approximate surface area is 194 Å². The zero-order valence-electron chi connectivity index (χ0n) is 17.7. The highest BCUT2D eigenvalue weighted by molar-refractivity contribution is 7.99. The molecule has 0 spiro atoms. The minimum Gasteiger partial charge on any atom is -0.351 e. The van der Waals surface area contributed by atoms with E-state index in [1.165, 1.54) is 11.8 Å². The van der Waals surface area contributed by atoms with Gasteiger partial charge >= 0.3 is 0 Å². The van der Waals surface area contributed by atoms with Crippen LogP contribution in [0.25, 0.3) is 16.7 Å². The van der Waals surface area contributed by atoms with Gasteiger partial charge in [0.05, 0.1) is 23.2 Å². The second-order valence-corrected chi connectivity index (χ2v) is 8.51. The summed E-state index contributed by atoms with van der Waals surface area (Å²) in [7, 11) is 0. The number of benzene rings is 3. The van der Waals surface area contributed by atoms with Crippen molar-refractivity contribution >= 4 is 34.3 Å². The predicted molar refractivity (Wildman–Crippen MR) is 129 cm³/mol. The predicted octanol–water partition coefficient (Wildman–Crippen LogP) is 3.50. The molecule has 2 aromatic heterocycles. The third kappa shape index (κ3) is 4.38. The van der Waals surface area contributed by atoms with Crippen LogP contribution in [0.1, 0.15) is 11.1 Å². The van der Waals surface area contributed by atoms with Crippen molar-refractivity contribution in [2.45, 2.75) is 18.2 Å². The monoisotopic (exact) mass is 455 g/mol. The van der Waals surface area contributed by atoms with Crippen LogP contribution in [-0.4, -0.2) is 30.8 Å². The molecule has 0 unspecified atom stereocenters. The van der Waals surface area contributed by atoms with Gasteiger partial charge in [-0.1, -0.05) is 84.6 Å². The van der Waals surface area contributed by atoms with Gasteiger partial charge in [0.2, 0.25) is 11.7 Å². The molecular formula is C25H21N5O2S. The standard InChI is InChI=1S/C25H21N5O2S/c31-22(26-15-18-9-3-1-4-10-18)17-33-25-28-27-24-29(16-19-11-5-2-6-12-19)23(32)20-13-7-8-14-21(20)30(24)25/h1-14H,15-17H2,(H,26,31). The van der Waals surface area contributed by atoms with Crippen LogP contribution in [0, 0.1) is 0 Å². The van der Waals surface area contributed by atoms with Gasteiger partial charge in [-0.05, 0) is 23.3 Å². The Kier molecular flexibility index (Phi) is 5.91. The Balaban J connectivity index is 1.45.